The van der Waals surface area contributed by atoms with Crippen LogP contribution < -0.4 is 11.1 Å². The molecule has 0 bridgehead atoms. The topological polar surface area (TPSA) is 55.9 Å². The van der Waals surface area contributed by atoms with Gasteiger partial charge in [-0.15, -0.1) is 0 Å². The third-order valence-corrected chi connectivity index (χ3v) is 4.51. The van der Waals surface area contributed by atoms with E-state index in [1.54, 1.807) is 0 Å². The molecule has 0 aromatic carbocycles. The summed E-state index contributed by atoms with van der Waals surface area (Å²) < 4.78 is 2.23. The molecule has 3 rings (SSSR count). The molecule has 0 aliphatic carbocycles. The Bertz CT molecular complexity index is 382. The summed E-state index contributed by atoms with van der Waals surface area (Å²) in [6.07, 6.45) is 2.36. The van der Waals surface area contributed by atoms with E-state index in [0.717, 1.165) is 24.6 Å². The maximum absolute atomic E-state index is 5.89. The van der Waals surface area contributed by atoms with E-state index in [1.165, 1.54) is 29.8 Å². The molecule has 4 nitrogen and oxygen atoms in total. The van der Waals surface area contributed by atoms with Crippen molar-refractivity contribution in [1.29, 1.82) is 0 Å². The molecular weight excluding hydrogens is 220 g/mol. The Morgan fingerprint density at radius 2 is 2.19 bits per heavy atom. The minimum atomic E-state index is 0.565. The number of hydrogen-bond acceptors (Lipinski definition) is 4. The van der Waals surface area contributed by atoms with Crippen molar-refractivity contribution in [1.82, 2.24) is 15.1 Å². The van der Waals surface area contributed by atoms with Crippen LogP contribution in [0.5, 0.6) is 0 Å². The molecule has 1 aromatic heterocycles. The minimum absolute atomic E-state index is 0.565. The smallest absolute Gasteiger partial charge is 0.0767 e. The molecule has 1 saturated heterocycles. The van der Waals surface area contributed by atoms with E-state index < -0.39 is 0 Å². The second-order valence-electron chi connectivity index (χ2n) is 4.49. The summed E-state index contributed by atoms with van der Waals surface area (Å²) in [5.74, 6) is 2.17. The first-order chi connectivity index (χ1) is 7.90. The molecule has 1 fully saturated rings. The molecule has 88 valence electrons. The van der Waals surface area contributed by atoms with Crippen LogP contribution in [0.4, 0.5) is 0 Å². The van der Waals surface area contributed by atoms with E-state index in [1.807, 2.05) is 11.8 Å². The summed E-state index contributed by atoms with van der Waals surface area (Å²) in [6.45, 7) is 2.84. The fraction of sp³-hybridized carbons (Fsp3) is 0.727. The Morgan fingerprint density at radius 1 is 1.38 bits per heavy atom. The predicted octanol–water partition coefficient (Wildman–Crippen LogP) is 1.01. The van der Waals surface area contributed by atoms with Crippen LogP contribution in [0.25, 0.3) is 0 Å². The number of rotatable bonds is 2. The lowest BCUT2D eigenvalue weighted by atomic mass is 10.1. The number of piperidine rings is 1. The summed E-state index contributed by atoms with van der Waals surface area (Å²) >= 11 is 1.95. The number of fused-ring (bicyclic) bond motifs is 1. The van der Waals surface area contributed by atoms with Crippen molar-refractivity contribution in [3.8, 4) is 0 Å². The average Bonchev–Trinajstić information content (AvgIpc) is 2.89. The van der Waals surface area contributed by atoms with Gasteiger partial charge in [0, 0.05) is 23.6 Å². The summed E-state index contributed by atoms with van der Waals surface area (Å²) in [4.78, 5) is 0. The number of nitrogens with one attached hydrogen (secondary N) is 1. The lowest BCUT2D eigenvalue weighted by Gasteiger charge is -2.25. The molecule has 0 radical (unpaired) electrons. The second-order valence-corrected chi connectivity index (χ2v) is 5.48. The van der Waals surface area contributed by atoms with Crippen LogP contribution in [0.1, 0.15) is 35.8 Å². The normalized spacial score (nSPS) is 21.3. The first-order valence-electron chi connectivity index (χ1n) is 5.98. The van der Waals surface area contributed by atoms with Gasteiger partial charge in [-0.2, -0.15) is 16.9 Å². The van der Waals surface area contributed by atoms with Gasteiger partial charge in [0.25, 0.3) is 0 Å². The van der Waals surface area contributed by atoms with Gasteiger partial charge in [-0.1, -0.05) is 0 Å². The molecule has 2 aliphatic rings. The van der Waals surface area contributed by atoms with Crippen LogP contribution in [-0.2, 0) is 18.1 Å². The van der Waals surface area contributed by atoms with Gasteiger partial charge in [-0.05, 0) is 25.9 Å². The van der Waals surface area contributed by atoms with Crippen LogP contribution >= 0.6 is 11.8 Å². The van der Waals surface area contributed by atoms with Crippen LogP contribution in [0.15, 0.2) is 0 Å². The number of nitrogens with zero attached hydrogens (tertiary/aromatic N) is 2. The van der Waals surface area contributed by atoms with E-state index in [2.05, 4.69) is 10.00 Å². The van der Waals surface area contributed by atoms with Gasteiger partial charge in [0.2, 0.25) is 0 Å². The Hall–Kier alpha value is -0.520. The largest absolute Gasteiger partial charge is 0.325 e. The SMILES string of the molecule is NCc1c2c(nn1C1CCNCC1)CSC2. The van der Waals surface area contributed by atoms with Crippen molar-refractivity contribution < 1.29 is 0 Å². The van der Waals surface area contributed by atoms with Crippen molar-refractivity contribution in [2.24, 2.45) is 5.73 Å². The first kappa shape index (κ1) is 10.6. The summed E-state index contributed by atoms with van der Waals surface area (Å²) in [7, 11) is 0. The van der Waals surface area contributed by atoms with Gasteiger partial charge in [-0.25, -0.2) is 0 Å². The molecule has 3 heterocycles. The molecule has 3 N–H and O–H groups in total. The first-order valence-corrected chi connectivity index (χ1v) is 7.13. The van der Waals surface area contributed by atoms with Crippen molar-refractivity contribution in [2.45, 2.75) is 36.9 Å². The summed E-state index contributed by atoms with van der Waals surface area (Å²) in [5.41, 5.74) is 9.88. The fourth-order valence-corrected chi connectivity index (χ4v) is 3.72. The van der Waals surface area contributed by atoms with Gasteiger partial charge in [0.05, 0.1) is 17.4 Å². The quantitative estimate of drug-likeness (QED) is 0.807. The monoisotopic (exact) mass is 238 g/mol. The highest BCUT2D eigenvalue weighted by molar-refractivity contribution is 7.98. The molecule has 0 atom stereocenters. The molecular formula is C11H18N4S. The molecule has 1 aromatic rings. The highest BCUT2D eigenvalue weighted by Crippen LogP contribution is 2.34. The molecule has 16 heavy (non-hydrogen) atoms. The highest BCUT2D eigenvalue weighted by Gasteiger charge is 2.25. The molecule has 0 unspecified atom stereocenters. The van der Waals surface area contributed by atoms with Crippen LogP contribution in [0.2, 0.25) is 0 Å². The van der Waals surface area contributed by atoms with Crippen molar-refractivity contribution >= 4 is 11.8 Å². The number of thioether (sulfide) groups is 1. The average molecular weight is 238 g/mol. The van der Waals surface area contributed by atoms with E-state index in [9.17, 15) is 0 Å². The van der Waals surface area contributed by atoms with Gasteiger partial charge < -0.3 is 11.1 Å². The fourth-order valence-electron chi connectivity index (χ4n) is 2.66. The van der Waals surface area contributed by atoms with E-state index >= 15 is 0 Å². The standard InChI is InChI=1S/C11H18N4S/c12-5-11-9-6-16-7-10(9)14-15(11)8-1-3-13-4-2-8/h8,13H,1-7,12H2. The van der Waals surface area contributed by atoms with Crippen LogP contribution in [0, 0.1) is 0 Å². The van der Waals surface area contributed by atoms with E-state index in [0.29, 0.717) is 12.6 Å². The zero-order valence-electron chi connectivity index (χ0n) is 9.41. The Kier molecular flexibility index (Phi) is 2.91. The maximum atomic E-state index is 5.89. The zero-order chi connectivity index (χ0) is 11.0. The lowest BCUT2D eigenvalue weighted by molar-refractivity contribution is 0.334. The molecule has 0 amide bonds. The van der Waals surface area contributed by atoms with Crippen molar-refractivity contribution in [3.05, 3.63) is 17.0 Å². The van der Waals surface area contributed by atoms with Crippen LogP contribution in [0.3, 0.4) is 0 Å². The minimum Gasteiger partial charge on any atom is -0.325 e. The summed E-state index contributed by atoms with van der Waals surface area (Å²) in [5, 5.41) is 8.17. The Labute approximate surface area is 100.0 Å². The highest BCUT2D eigenvalue weighted by atomic mass is 32.2. The van der Waals surface area contributed by atoms with E-state index in [-0.39, 0.29) is 0 Å². The Balaban J connectivity index is 1.93. The van der Waals surface area contributed by atoms with Gasteiger partial charge in [-0.3, -0.25) is 4.68 Å². The van der Waals surface area contributed by atoms with Crippen LogP contribution in [-0.4, -0.2) is 22.9 Å². The van der Waals surface area contributed by atoms with Gasteiger partial charge in [0.15, 0.2) is 0 Å². The predicted molar refractivity (Wildman–Crippen MR) is 66.3 cm³/mol. The zero-order valence-corrected chi connectivity index (χ0v) is 10.2. The van der Waals surface area contributed by atoms with Crippen molar-refractivity contribution in [3.63, 3.8) is 0 Å². The maximum Gasteiger partial charge on any atom is 0.0767 e. The number of aromatic nitrogens is 2. The third kappa shape index (κ3) is 1.67. The lowest BCUT2D eigenvalue weighted by Crippen LogP contribution is -2.31. The Morgan fingerprint density at radius 3 is 2.94 bits per heavy atom. The second kappa shape index (κ2) is 4.39. The number of nitrogens with two attached hydrogens (primary N) is 1. The summed E-state index contributed by atoms with van der Waals surface area (Å²) in [6, 6.07) is 0.565. The molecule has 0 saturated carbocycles. The van der Waals surface area contributed by atoms with Gasteiger partial charge in [0.1, 0.15) is 0 Å². The molecule has 0 spiro atoms. The van der Waals surface area contributed by atoms with E-state index in [4.69, 9.17) is 10.8 Å². The van der Waals surface area contributed by atoms with Gasteiger partial charge >= 0.3 is 0 Å². The van der Waals surface area contributed by atoms with Crippen molar-refractivity contribution in [2.75, 3.05) is 13.1 Å². The number of hydrogen-bond donors (Lipinski definition) is 2. The molecule has 2 aliphatic heterocycles. The molecule has 5 heteroatoms. The third-order valence-electron chi connectivity index (χ3n) is 3.53.